The molecule has 0 aliphatic heterocycles. The van der Waals surface area contributed by atoms with Crippen LogP contribution in [0.5, 0.6) is 0 Å². The van der Waals surface area contributed by atoms with Crippen molar-refractivity contribution >= 4 is 32.7 Å². The number of thiazole rings is 1. The molecule has 1 aliphatic carbocycles. The van der Waals surface area contributed by atoms with E-state index in [9.17, 15) is 14.0 Å². The van der Waals surface area contributed by atoms with E-state index in [0.29, 0.717) is 29.3 Å². The minimum Gasteiger partial charge on any atom is -0.350 e. The van der Waals surface area contributed by atoms with Crippen LogP contribution >= 0.6 is 11.3 Å². The maximum Gasteiger partial charge on any atom is 0.278 e. The zero-order valence-corrected chi connectivity index (χ0v) is 16.3. The van der Waals surface area contributed by atoms with Crippen molar-refractivity contribution in [2.45, 2.75) is 38.0 Å². The smallest absolute Gasteiger partial charge is 0.278 e. The maximum atomic E-state index is 14.3. The highest BCUT2D eigenvalue weighted by atomic mass is 32.1. The van der Waals surface area contributed by atoms with Crippen molar-refractivity contribution in [1.29, 1.82) is 0 Å². The number of fused-ring (bicyclic) bond motifs is 1. The fourth-order valence-electron chi connectivity index (χ4n) is 2.80. The topological polar surface area (TPSA) is 91.0 Å². The second kappa shape index (κ2) is 6.97. The minimum atomic E-state index is -1.52. The Morgan fingerprint density at radius 2 is 2.07 bits per heavy atom. The van der Waals surface area contributed by atoms with Gasteiger partial charge < -0.3 is 15.2 Å². The summed E-state index contributed by atoms with van der Waals surface area (Å²) in [6.45, 7) is 2.19. The van der Waals surface area contributed by atoms with E-state index in [-0.39, 0.29) is 17.2 Å². The second-order valence-electron chi connectivity index (χ2n) is 7.02. The summed E-state index contributed by atoms with van der Waals surface area (Å²) in [4.78, 5) is 37.9. The quantitative estimate of drug-likeness (QED) is 0.662. The monoisotopic (exact) mass is 401 g/mol. The number of H-pyrrole nitrogens is 1. The molecule has 7 nitrogen and oxygen atoms in total. The zero-order valence-electron chi connectivity index (χ0n) is 15.5. The number of alkyl halides is 1. The molecule has 1 aliphatic rings. The van der Waals surface area contributed by atoms with Crippen molar-refractivity contribution in [3.05, 3.63) is 52.1 Å². The van der Waals surface area contributed by atoms with Crippen LogP contribution < -0.4 is 15.8 Å². The van der Waals surface area contributed by atoms with Crippen molar-refractivity contribution in [2.75, 3.05) is 11.9 Å². The highest BCUT2D eigenvalue weighted by Crippen LogP contribution is 2.48. The predicted molar refractivity (Wildman–Crippen MR) is 106 cm³/mol. The summed E-state index contributed by atoms with van der Waals surface area (Å²) in [5.74, 6) is -0.0923. The maximum absolute atomic E-state index is 14.3. The lowest BCUT2D eigenvalue weighted by Crippen LogP contribution is -2.43. The summed E-state index contributed by atoms with van der Waals surface area (Å²) >= 11 is 1.17. The first kappa shape index (κ1) is 18.5. The number of benzene rings is 1. The Kier molecular flexibility index (Phi) is 4.62. The van der Waals surface area contributed by atoms with Crippen molar-refractivity contribution < 1.29 is 9.18 Å². The van der Waals surface area contributed by atoms with Gasteiger partial charge in [-0.25, -0.2) is 14.4 Å². The molecule has 0 radical (unpaired) electrons. The molecular formula is C19H20FN5O2S. The molecule has 1 atom stereocenters. The molecule has 3 aromatic rings. The molecule has 1 aromatic carbocycles. The lowest BCUT2D eigenvalue weighted by Gasteiger charge is -2.23. The molecule has 0 unspecified atom stereocenters. The fraction of sp³-hybridized carbons (Fsp3) is 0.368. The van der Waals surface area contributed by atoms with Crippen LogP contribution in [-0.4, -0.2) is 33.9 Å². The summed E-state index contributed by atoms with van der Waals surface area (Å²) in [7, 11) is 1.73. The van der Waals surface area contributed by atoms with E-state index in [1.165, 1.54) is 11.3 Å². The average molecular weight is 401 g/mol. The van der Waals surface area contributed by atoms with Crippen LogP contribution in [-0.2, 0) is 17.0 Å². The zero-order chi connectivity index (χ0) is 19.9. The van der Waals surface area contributed by atoms with Crippen LogP contribution in [0.25, 0.3) is 10.3 Å². The van der Waals surface area contributed by atoms with E-state index < -0.39 is 17.3 Å². The van der Waals surface area contributed by atoms with Crippen molar-refractivity contribution in [3.8, 4) is 0 Å². The molecule has 1 amide bonds. The van der Waals surface area contributed by atoms with Gasteiger partial charge in [-0.15, -0.1) is 0 Å². The molecular weight excluding hydrogens is 381 g/mol. The molecule has 2 N–H and O–H groups in total. The third kappa shape index (κ3) is 3.49. The lowest BCUT2D eigenvalue weighted by molar-refractivity contribution is -0.122. The molecule has 1 fully saturated rings. The number of hydrogen-bond acceptors (Lipinski definition) is 6. The molecule has 4 rings (SSSR count). The van der Waals surface area contributed by atoms with Gasteiger partial charge in [0.25, 0.3) is 5.56 Å². The molecule has 146 valence electrons. The van der Waals surface area contributed by atoms with Gasteiger partial charge in [0.05, 0.1) is 0 Å². The summed E-state index contributed by atoms with van der Waals surface area (Å²) in [5, 5.41) is 3.38. The van der Waals surface area contributed by atoms with E-state index in [1.807, 2.05) is 30.3 Å². The largest absolute Gasteiger partial charge is 0.350 e. The van der Waals surface area contributed by atoms with Gasteiger partial charge in [0.2, 0.25) is 5.91 Å². The van der Waals surface area contributed by atoms with Crippen LogP contribution in [0, 0.1) is 0 Å². The van der Waals surface area contributed by atoms with Crippen LogP contribution in [0.2, 0.25) is 0 Å². The number of carbonyl (C=O) groups excluding carboxylic acids is 1. The standard InChI is InChI=1S/C19H20FN5O2S/c1-11(14(26)21-10-12-6-4-3-5-7-12)25(2)18-22-13-15(27)23-17(19(20)8-9-19)24-16(13)28-18/h3-7,11H,8-10H2,1-2H3,(H,21,26)(H,23,24,27)/t11-/m1/s1. The van der Waals surface area contributed by atoms with Gasteiger partial charge in [-0.3, -0.25) is 9.59 Å². The number of halogens is 1. The molecule has 2 aromatic heterocycles. The first-order chi connectivity index (χ1) is 13.4. The Morgan fingerprint density at radius 3 is 2.75 bits per heavy atom. The van der Waals surface area contributed by atoms with Crippen molar-refractivity contribution in [2.24, 2.45) is 0 Å². The third-order valence-electron chi connectivity index (χ3n) is 4.94. The van der Waals surface area contributed by atoms with Crippen LogP contribution in [0.3, 0.4) is 0 Å². The van der Waals surface area contributed by atoms with E-state index >= 15 is 0 Å². The average Bonchev–Trinajstić information content (AvgIpc) is 3.30. The Hall–Kier alpha value is -2.81. The number of rotatable bonds is 6. The number of nitrogens with one attached hydrogen (secondary N) is 2. The Morgan fingerprint density at radius 1 is 1.36 bits per heavy atom. The number of hydrogen-bond donors (Lipinski definition) is 2. The van der Waals surface area contributed by atoms with E-state index in [2.05, 4.69) is 20.3 Å². The summed E-state index contributed by atoms with van der Waals surface area (Å²) < 4.78 is 14.3. The molecule has 1 saturated carbocycles. The van der Waals surface area contributed by atoms with Crippen molar-refractivity contribution in [1.82, 2.24) is 20.3 Å². The predicted octanol–water partition coefficient (Wildman–Crippen LogP) is 2.48. The number of carbonyl (C=O) groups is 1. The van der Waals surface area contributed by atoms with Crippen molar-refractivity contribution in [3.63, 3.8) is 0 Å². The highest BCUT2D eigenvalue weighted by molar-refractivity contribution is 7.21. The summed E-state index contributed by atoms with van der Waals surface area (Å²) in [5.41, 5.74) is -0.805. The Bertz CT molecular complexity index is 1080. The number of aromatic amines is 1. The molecule has 0 bridgehead atoms. The summed E-state index contributed by atoms with van der Waals surface area (Å²) in [6, 6.07) is 9.13. The first-order valence-electron chi connectivity index (χ1n) is 9.02. The van der Waals surface area contributed by atoms with E-state index in [0.717, 1.165) is 5.56 Å². The van der Waals surface area contributed by atoms with Gasteiger partial charge in [0.1, 0.15) is 11.9 Å². The lowest BCUT2D eigenvalue weighted by atomic mass is 10.2. The van der Waals surface area contributed by atoms with E-state index in [4.69, 9.17) is 0 Å². The van der Waals surface area contributed by atoms with E-state index in [1.54, 1.807) is 18.9 Å². The van der Waals surface area contributed by atoms with Gasteiger partial charge in [0.15, 0.2) is 21.1 Å². The summed E-state index contributed by atoms with van der Waals surface area (Å²) in [6.07, 6.45) is 0.733. The first-order valence-corrected chi connectivity index (χ1v) is 9.84. The van der Waals surface area contributed by atoms with Crippen LogP contribution in [0.1, 0.15) is 31.2 Å². The highest BCUT2D eigenvalue weighted by Gasteiger charge is 2.48. The van der Waals surface area contributed by atoms with Crippen LogP contribution in [0.4, 0.5) is 9.52 Å². The Labute approximate surface area is 164 Å². The molecule has 9 heteroatoms. The van der Waals surface area contributed by atoms with Gasteiger partial charge in [0, 0.05) is 13.6 Å². The SMILES string of the molecule is C[C@H](C(=O)NCc1ccccc1)N(C)c1nc2c(=O)[nH]c(C3(F)CC3)nc2s1. The molecule has 0 spiro atoms. The number of nitrogens with zero attached hydrogens (tertiary/aromatic N) is 3. The van der Waals surface area contributed by atoms with Gasteiger partial charge >= 0.3 is 0 Å². The molecule has 28 heavy (non-hydrogen) atoms. The molecule has 0 saturated heterocycles. The number of amides is 1. The number of anilines is 1. The number of likely N-dealkylation sites (N-methyl/N-ethyl adjacent to an activating group) is 1. The van der Waals surface area contributed by atoms with Crippen LogP contribution in [0.15, 0.2) is 35.1 Å². The second-order valence-corrected chi connectivity index (χ2v) is 7.98. The number of aromatic nitrogens is 3. The van der Waals surface area contributed by atoms with Gasteiger partial charge in [-0.2, -0.15) is 0 Å². The molecule has 2 heterocycles. The normalized spacial score (nSPS) is 16.0. The fourth-order valence-corrected chi connectivity index (χ4v) is 3.79. The third-order valence-corrected chi connectivity index (χ3v) is 5.98. The Balaban J connectivity index is 1.51. The minimum absolute atomic E-state index is 0.0662. The van der Waals surface area contributed by atoms with Gasteiger partial charge in [-0.1, -0.05) is 41.7 Å². The van der Waals surface area contributed by atoms with Gasteiger partial charge in [-0.05, 0) is 25.3 Å².